The van der Waals surface area contributed by atoms with E-state index >= 15 is 0 Å². The maximum atomic E-state index is 14.0. The first-order valence-corrected chi connectivity index (χ1v) is 13.1. The minimum Gasteiger partial charge on any atom is -0.438 e. The zero-order valence-electron chi connectivity index (χ0n) is 22.9. The van der Waals surface area contributed by atoms with Crippen molar-refractivity contribution in [1.82, 2.24) is 25.5 Å². The van der Waals surface area contributed by atoms with E-state index in [4.69, 9.17) is 13.8 Å². The van der Waals surface area contributed by atoms with Crippen LogP contribution in [0.3, 0.4) is 0 Å². The van der Waals surface area contributed by atoms with Crippen LogP contribution >= 0.6 is 0 Å². The lowest BCUT2D eigenvalue weighted by molar-refractivity contribution is -0.142. The van der Waals surface area contributed by atoms with E-state index in [1.807, 2.05) is 0 Å². The van der Waals surface area contributed by atoms with Crippen LogP contribution in [0.2, 0.25) is 0 Å². The molecule has 2 aromatic heterocycles. The van der Waals surface area contributed by atoms with Gasteiger partial charge in [-0.05, 0) is 5.56 Å². The third-order valence-electron chi connectivity index (χ3n) is 6.64. The van der Waals surface area contributed by atoms with Gasteiger partial charge >= 0.3 is 12.3 Å². The molecule has 1 fully saturated rings. The van der Waals surface area contributed by atoms with Gasteiger partial charge in [-0.25, -0.2) is 4.79 Å². The van der Waals surface area contributed by atoms with Crippen LogP contribution in [0.5, 0.6) is 0 Å². The fourth-order valence-electron chi connectivity index (χ4n) is 4.34. The van der Waals surface area contributed by atoms with Gasteiger partial charge in [-0.1, -0.05) is 64.9 Å². The summed E-state index contributed by atoms with van der Waals surface area (Å²) < 4.78 is 61.3. The van der Waals surface area contributed by atoms with Crippen LogP contribution in [0.1, 0.15) is 23.7 Å². The van der Waals surface area contributed by atoms with Gasteiger partial charge in [0.2, 0.25) is 17.5 Å². The van der Waals surface area contributed by atoms with Gasteiger partial charge in [0.25, 0.3) is 11.8 Å². The summed E-state index contributed by atoms with van der Waals surface area (Å²) >= 11 is 0. The van der Waals surface area contributed by atoms with Gasteiger partial charge < -0.3 is 33.8 Å². The van der Waals surface area contributed by atoms with Crippen molar-refractivity contribution in [2.24, 2.45) is 0 Å². The standard InChI is InChI=1S/C28H24F3N5O8/c1-41-27(40)42-18-13-36(14-18)19(37)11-12-32-25(39)22(38)16-7-9-17(10-8-16)24-33-26(44-35-24)23-20(28(29,30)31)21(34-43-23)15-5-3-2-4-6-15/h2-10,18,22,38H,11-14H2,1H3,(H,32,39). The Hall–Kier alpha value is -5.25. The van der Waals surface area contributed by atoms with E-state index < -0.39 is 53.4 Å². The summed E-state index contributed by atoms with van der Waals surface area (Å²) in [7, 11) is 1.18. The fraction of sp³-hybridized carbons (Fsp3) is 0.286. The van der Waals surface area contributed by atoms with Crippen LogP contribution in [0.25, 0.3) is 34.3 Å². The lowest BCUT2D eigenvalue weighted by atomic mass is 10.1. The first-order valence-electron chi connectivity index (χ1n) is 13.1. The van der Waals surface area contributed by atoms with Crippen LogP contribution in [-0.4, -0.2) is 76.1 Å². The van der Waals surface area contributed by atoms with Gasteiger partial charge in [-0.2, -0.15) is 18.2 Å². The maximum absolute atomic E-state index is 14.0. The molecule has 44 heavy (non-hydrogen) atoms. The molecule has 13 nitrogen and oxygen atoms in total. The number of ether oxygens (including phenoxy) is 2. The molecule has 5 rings (SSSR count). The van der Waals surface area contributed by atoms with Gasteiger partial charge in [0.1, 0.15) is 17.4 Å². The highest BCUT2D eigenvalue weighted by atomic mass is 19.4. The Kier molecular flexibility index (Phi) is 8.61. The Morgan fingerprint density at radius 3 is 2.41 bits per heavy atom. The fourth-order valence-corrected chi connectivity index (χ4v) is 4.34. The van der Waals surface area contributed by atoms with Crippen molar-refractivity contribution in [3.63, 3.8) is 0 Å². The van der Waals surface area contributed by atoms with Crippen LogP contribution in [0.15, 0.2) is 63.6 Å². The molecule has 2 amide bonds. The second kappa shape index (κ2) is 12.5. The van der Waals surface area contributed by atoms with E-state index in [0.29, 0.717) is 5.56 Å². The summed E-state index contributed by atoms with van der Waals surface area (Å²) in [5.41, 5.74) is -0.868. The Labute approximate surface area is 246 Å². The van der Waals surface area contributed by atoms with Gasteiger partial charge in [0.05, 0.1) is 20.2 Å². The van der Waals surface area contributed by atoms with Crippen molar-refractivity contribution >= 4 is 18.0 Å². The molecule has 0 bridgehead atoms. The number of aromatic nitrogens is 3. The van der Waals surface area contributed by atoms with Crippen molar-refractivity contribution in [3.8, 4) is 34.3 Å². The summed E-state index contributed by atoms with van der Waals surface area (Å²) in [5.74, 6) is -2.36. The second-order valence-electron chi connectivity index (χ2n) is 9.58. The molecule has 1 aliphatic rings. The first kappa shape index (κ1) is 30.2. The Morgan fingerprint density at radius 1 is 1.05 bits per heavy atom. The molecule has 1 unspecified atom stereocenters. The predicted octanol–water partition coefficient (Wildman–Crippen LogP) is 3.61. The van der Waals surface area contributed by atoms with Gasteiger partial charge in [-0.15, -0.1) is 0 Å². The maximum Gasteiger partial charge on any atom is 0.508 e. The zero-order chi connectivity index (χ0) is 31.4. The van der Waals surface area contributed by atoms with Crippen molar-refractivity contribution in [1.29, 1.82) is 0 Å². The number of nitrogens with zero attached hydrogens (tertiary/aromatic N) is 4. The monoisotopic (exact) mass is 615 g/mol. The van der Waals surface area contributed by atoms with E-state index in [1.165, 1.54) is 48.4 Å². The molecule has 2 aromatic carbocycles. The van der Waals surface area contributed by atoms with Crippen molar-refractivity contribution in [2.75, 3.05) is 26.7 Å². The molecule has 1 aliphatic heterocycles. The van der Waals surface area contributed by atoms with Crippen molar-refractivity contribution in [2.45, 2.75) is 24.8 Å². The summed E-state index contributed by atoms with van der Waals surface area (Å²) in [6, 6.07) is 13.4. The number of carbonyl (C=O) groups is 3. The average molecular weight is 616 g/mol. The smallest absolute Gasteiger partial charge is 0.438 e. The molecule has 4 aromatic rings. The highest BCUT2D eigenvalue weighted by Gasteiger charge is 2.43. The number of rotatable bonds is 9. The third kappa shape index (κ3) is 6.54. The number of hydrogen-bond donors (Lipinski definition) is 2. The molecular weight excluding hydrogens is 591 g/mol. The number of hydrogen-bond acceptors (Lipinski definition) is 11. The lowest BCUT2D eigenvalue weighted by Crippen LogP contribution is -2.55. The second-order valence-corrected chi connectivity index (χ2v) is 9.58. The van der Waals surface area contributed by atoms with E-state index in [2.05, 4.69) is 25.4 Å². The minimum absolute atomic E-state index is 0.0312. The van der Waals surface area contributed by atoms with Gasteiger partial charge in [0.15, 0.2) is 6.10 Å². The van der Waals surface area contributed by atoms with Crippen LogP contribution < -0.4 is 5.32 Å². The lowest BCUT2D eigenvalue weighted by Gasteiger charge is -2.37. The molecule has 0 aliphatic carbocycles. The Balaban J connectivity index is 1.18. The Morgan fingerprint density at radius 2 is 1.75 bits per heavy atom. The van der Waals surface area contributed by atoms with Gasteiger partial charge in [-0.3, -0.25) is 9.59 Å². The van der Waals surface area contributed by atoms with Crippen molar-refractivity contribution in [3.05, 3.63) is 65.7 Å². The number of aliphatic hydroxyl groups is 1. The largest absolute Gasteiger partial charge is 0.508 e. The quantitative estimate of drug-likeness (QED) is 0.264. The molecule has 2 N–H and O–H groups in total. The predicted molar refractivity (Wildman–Crippen MR) is 142 cm³/mol. The van der Waals surface area contributed by atoms with Crippen LogP contribution in [-0.2, 0) is 25.2 Å². The van der Waals surface area contributed by atoms with Crippen LogP contribution in [0.4, 0.5) is 18.0 Å². The number of carbonyl (C=O) groups excluding carboxylic acids is 3. The number of nitrogens with one attached hydrogen (secondary N) is 1. The summed E-state index contributed by atoms with van der Waals surface area (Å²) in [5, 5.41) is 20.2. The number of halogens is 3. The summed E-state index contributed by atoms with van der Waals surface area (Å²) in [6.45, 7) is 0.399. The summed E-state index contributed by atoms with van der Waals surface area (Å²) in [6.07, 6.45) is -7.71. The number of amides is 2. The number of benzene rings is 2. The number of alkyl halides is 3. The summed E-state index contributed by atoms with van der Waals surface area (Å²) in [4.78, 5) is 41.2. The molecule has 1 saturated heterocycles. The highest BCUT2D eigenvalue weighted by molar-refractivity contribution is 5.83. The minimum atomic E-state index is -4.83. The van der Waals surface area contributed by atoms with E-state index in [1.54, 1.807) is 18.2 Å². The number of likely N-dealkylation sites (tertiary alicyclic amines) is 1. The molecule has 16 heteroatoms. The average Bonchev–Trinajstić information content (AvgIpc) is 3.67. The molecule has 230 valence electrons. The van der Waals surface area contributed by atoms with E-state index in [9.17, 15) is 32.7 Å². The number of aliphatic hydroxyl groups excluding tert-OH is 1. The molecular formula is C28H24F3N5O8. The van der Waals surface area contributed by atoms with E-state index in [0.717, 1.165) is 0 Å². The topological polar surface area (TPSA) is 170 Å². The first-order chi connectivity index (χ1) is 21.0. The van der Waals surface area contributed by atoms with Crippen LogP contribution in [0, 0.1) is 0 Å². The highest BCUT2D eigenvalue weighted by Crippen LogP contribution is 2.43. The van der Waals surface area contributed by atoms with Crippen molar-refractivity contribution < 1.29 is 51.2 Å². The third-order valence-corrected chi connectivity index (χ3v) is 6.64. The Bertz CT molecular complexity index is 1630. The molecule has 0 saturated carbocycles. The van der Waals surface area contributed by atoms with E-state index in [-0.39, 0.29) is 48.9 Å². The molecule has 0 radical (unpaired) electrons. The SMILES string of the molecule is COC(=O)OC1CN(C(=O)CCNC(=O)C(O)c2ccc(-c3noc(-c4onc(-c5ccccc5)c4C(F)(F)F)n3)cc2)C1. The molecule has 3 heterocycles. The normalized spacial score (nSPS) is 14.1. The molecule has 1 atom stereocenters. The van der Waals surface area contributed by atoms with Gasteiger partial charge in [0, 0.05) is 24.1 Å². The number of methoxy groups -OCH3 is 1. The molecule has 0 spiro atoms. The zero-order valence-corrected chi connectivity index (χ0v) is 22.9.